The minimum absolute atomic E-state index is 0.159. The van der Waals surface area contributed by atoms with Crippen molar-refractivity contribution < 1.29 is 14.6 Å². The first kappa shape index (κ1) is 11.8. The summed E-state index contributed by atoms with van der Waals surface area (Å²) in [5.41, 5.74) is -0.321. The molecule has 3 nitrogen and oxygen atoms in total. The van der Waals surface area contributed by atoms with Crippen LogP contribution in [0, 0.1) is 11.3 Å². The molecule has 0 aromatic rings. The highest BCUT2D eigenvalue weighted by atomic mass is 16.5. The average molecular weight is 248 g/mol. The van der Waals surface area contributed by atoms with Crippen molar-refractivity contribution >= 4 is 5.97 Å². The smallest absolute Gasteiger partial charge is 0.312 e. The Labute approximate surface area is 108 Å². The molecule has 1 atom stereocenters. The molecular weight excluding hydrogens is 228 g/mol. The lowest BCUT2D eigenvalue weighted by Crippen LogP contribution is -2.17. The van der Waals surface area contributed by atoms with Crippen molar-refractivity contribution in [2.45, 2.75) is 51.4 Å². The minimum atomic E-state index is -0.321. The lowest BCUT2D eigenvalue weighted by atomic mass is 9.77. The zero-order valence-corrected chi connectivity index (χ0v) is 10.7. The van der Waals surface area contributed by atoms with Crippen molar-refractivity contribution in [2.24, 2.45) is 11.3 Å². The molecular formula is C15H20O3. The van der Waals surface area contributed by atoms with E-state index < -0.39 is 0 Å². The standard InChI is InChI=1S/C15H20O3/c16-12-8-13-15(9-12,10-14(17)18-13)7-6-11-4-2-1-3-5-11/h8-9,11,16H,1-7,10H2. The Morgan fingerprint density at radius 1 is 1.33 bits per heavy atom. The van der Waals surface area contributed by atoms with E-state index in [4.69, 9.17) is 4.74 Å². The topological polar surface area (TPSA) is 46.5 Å². The normalized spacial score (nSPS) is 31.9. The molecule has 3 heteroatoms. The summed E-state index contributed by atoms with van der Waals surface area (Å²) in [7, 11) is 0. The Morgan fingerprint density at radius 3 is 2.89 bits per heavy atom. The van der Waals surface area contributed by atoms with Crippen LogP contribution in [0.25, 0.3) is 0 Å². The van der Waals surface area contributed by atoms with Crippen LogP contribution in [0.5, 0.6) is 0 Å². The highest BCUT2D eigenvalue weighted by Crippen LogP contribution is 2.49. The van der Waals surface area contributed by atoms with E-state index >= 15 is 0 Å². The third-order valence-electron chi connectivity index (χ3n) is 4.60. The SMILES string of the molecule is O=C1CC2(CCC3CCCCC3)C=C(O)C=C2O1. The maximum atomic E-state index is 11.4. The Balaban J connectivity index is 1.67. The van der Waals surface area contributed by atoms with Gasteiger partial charge in [0.15, 0.2) is 0 Å². The van der Waals surface area contributed by atoms with E-state index in [0.717, 1.165) is 18.8 Å². The first-order chi connectivity index (χ1) is 8.68. The van der Waals surface area contributed by atoms with Gasteiger partial charge in [-0.05, 0) is 24.8 Å². The molecule has 3 aliphatic rings. The van der Waals surface area contributed by atoms with Crippen LogP contribution in [0.4, 0.5) is 0 Å². The summed E-state index contributed by atoms with van der Waals surface area (Å²) in [4.78, 5) is 11.4. The molecule has 0 spiro atoms. The molecule has 18 heavy (non-hydrogen) atoms. The quantitative estimate of drug-likeness (QED) is 0.776. The van der Waals surface area contributed by atoms with Gasteiger partial charge in [-0.25, -0.2) is 0 Å². The first-order valence-electron chi connectivity index (χ1n) is 7.03. The second kappa shape index (κ2) is 4.45. The van der Waals surface area contributed by atoms with Crippen LogP contribution >= 0.6 is 0 Å². The number of hydrogen-bond acceptors (Lipinski definition) is 3. The van der Waals surface area contributed by atoms with Gasteiger partial charge in [-0.2, -0.15) is 0 Å². The van der Waals surface area contributed by atoms with Crippen molar-refractivity contribution in [3.8, 4) is 0 Å². The second-order valence-corrected chi connectivity index (χ2v) is 5.93. The highest BCUT2D eigenvalue weighted by molar-refractivity contribution is 5.77. The van der Waals surface area contributed by atoms with Crippen LogP contribution in [0.1, 0.15) is 51.4 Å². The van der Waals surface area contributed by atoms with Gasteiger partial charge in [-0.3, -0.25) is 4.79 Å². The monoisotopic (exact) mass is 248 g/mol. The molecule has 3 rings (SSSR count). The van der Waals surface area contributed by atoms with Gasteiger partial charge in [0.2, 0.25) is 0 Å². The van der Waals surface area contributed by atoms with Gasteiger partial charge in [0.25, 0.3) is 0 Å². The van der Waals surface area contributed by atoms with Crippen LogP contribution in [0.2, 0.25) is 0 Å². The molecule has 2 aliphatic carbocycles. The zero-order chi connectivity index (χ0) is 12.6. The fraction of sp³-hybridized carbons (Fsp3) is 0.667. The molecule has 1 N–H and O–H groups in total. The van der Waals surface area contributed by atoms with Crippen LogP contribution in [0.3, 0.4) is 0 Å². The number of allylic oxidation sites excluding steroid dienone is 2. The molecule has 0 aromatic carbocycles. The number of ether oxygens (including phenoxy) is 1. The fourth-order valence-electron chi connectivity index (χ4n) is 3.58. The molecule has 0 radical (unpaired) electrons. The second-order valence-electron chi connectivity index (χ2n) is 5.93. The van der Waals surface area contributed by atoms with Crippen LogP contribution in [0.15, 0.2) is 23.7 Å². The van der Waals surface area contributed by atoms with Crippen LogP contribution in [-0.2, 0) is 9.53 Å². The average Bonchev–Trinajstić information content (AvgIpc) is 2.79. The van der Waals surface area contributed by atoms with Gasteiger partial charge in [0, 0.05) is 6.08 Å². The highest BCUT2D eigenvalue weighted by Gasteiger charge is 2.47. The molecule has 1 saturated heterocycles. The minimum Gasteiger partial charge on any atom is -0.508 e. The van der Waals surface area contributed by atoms with E-state index in [1.54, 1.807) is 6.08 Å². The summed E-state index contributed by atoms with van der Waals surface area (Å²) < 4.78 is 5.21. The summed E-state index contributed by atoms with van der Waals surface area (Å²) in [6.07, 6.45) is 12.6. The summed E-state index contributed by atoms with van der Waals surface area (Å²) in [6.45, 7) is 0. The zero-order valence-electron chi connectivity index (χ0n) is 10.7. The van der Waals surface area contributed by atoms with Crippen LogP contribution < -0.4 is 0 Å². The molecule has 1 heterocycles. The molecule has 1 saturated carbocycles. The Kier molecular flexibility index (Phi) is 2.92. The molecule has 2 fully saturated rings. The summed E-state index contributed by atoms with van der Waals surface area (Å²) >= 11 is 0. The van der Waals surface area contributed by atoms with Gasteiger partial charge in [0.05, 0.1) is 11.8 Å². The largest absolute Gasteiger partial charge is 0.508 e. The number of hydrogen-bond donors (Lipinski definition) is 1. The van der Waals surface area contributed by atoms with E-state index in [1.165, 1.54) is 32.1 Å². The molecule has 0 aromatic heterocycles. The molecule has 98 valence electrons. The molecule has 1 unspecified atom stereocenters. The van der Waals surface area contributed by atoms with E-state index in [0.29, 0.717) is 12.2 Å². The fourth-order valence-corrected chi connectivity index (χ4v) is 3.58. The maximum Gasteiger partial charge on any atom is 0.312 e. The van der Waals surface area contributed by atoms with Crippen molar-refractivity contribution in [1.82, 2.24) is 0 Å². The molecule has 0 bridgehead atoms. The first-order valence-corrected chi connectivity index (χ1v) is 7.03. The van der Waals surface area contributed by atoms with Gasteiger partial charge < -0.3 is 9.84 Å². The van der Waals surface area contributed by atoms with Gasteiger partial charge in [-0.15, -0.1) is 0 Å². The summed E-state index contributed by atoms with van der Waals surface area (Å²) in [6, 6.07) is 0. The number of esters is 1. The van der Waals surface area contributed by atoms with Crippen LogP contribution in [-0.4, -0.2) is 11.1 Å². The predicted molar refractivity (Wildman–Crippen MR) is 67.7 cm³/mol. The van der Waals surface area contributed by atoms with Gasteiger partial charge in [0.1, 0.15) is 11.5 Å². The van der Waals surface area contributed by atoms with Crippen molar-refractivity contribution in [3.05, 3.63) is 23.7 Å². The van der Waals surface area contributed by atoms with E-state index in [9.17, 15) is 9.90 Å². The number of rotatable bonds is 3. The lowest BCUT2D eigenvalue weighted by molar-refractivity contribution is -0.135. The van der Waals surface area contributed by atoms with Crippen molar-refractivity contribution in [3.63, 3.8) is 0 Å². The maximum absolute atomic E-state index is 11.4. The van der Waals surface area contributed by atoms with E-state index in [1.807, 2.05) is 6.08 Å². The number of aliphatic hydroxyl groups excluding tert-OH is 1. The lowest BCUT2D eigenvalue weighted by Gasteiger charge is -2.26. The molecule has 1 aliphatic heterocycles. The van der Waals surface area contributed by atoms with Gasteiger partial charge >= 0.3 is 5.97 Å². The Bertz CT molecular complexity index is 415. The number of fused-ring (bicyclic) bond motifs is 1. The van der Waals surface area contributed by atoms with Gasteiger partial charge in [-0.1, -0.05) is 32.1 Å². The Hall–Kier alpha value is -1.25. The van der Waals surface area contributed by atoms with Crippen molar-refractivity contribution in [1.29, 1.82) is 0 Å². The third-order valence-corrected chi connectivity index (χ3v) is 4.60. The molecule has 0 amide bonds. The number of carbonyl (C=O) groups is 1. The number of aliphatic hydroxyl groups is 1. The summed E-state index contributed by atoms with van der Waals surface area (Å²) in [5, 5.41) is 9.62. The Morgan fingerprint density at radius 2 is 2.11 bits per heavy atom. The summed E-state index contributed by atoms with van der Waals surface area (Å²) in [5.74, 6) is 1.55. The third kappa shape index (κ3) is 2.06. The van der Waals surface area contributed by atoms with Crippen molar-refractivity contribution in [2.75, 3.05) is 0 Å². The van der Waals surface area contributed by atoms with E-state index in [-0.39, 0.29) is 17.1 Å². The van der Waals surface area contributed by atoms with E-state index in [2.05, 4.69) is 0 Å². The number of carbonyl (C=O) groups excluding carboxylic acids is 1. The predicted octanol–water partition coefficient (Wildman–Crippen LogP) is 3.62.